The summed E-state index contributed by atoms with van der Waals surface area (Å²) in [7, 11) is 0. The van der Waals surface area contributed by atoms with E-state index in [1.54, 1.807) is 3.28 Å². The van der Waals surface area contributed by atoms with Crippen molar-refractivity contribution in [2.24, 2.45) is 0 Å². The average molecular weight is 222 g/mol. The molecule has 0 heterocycles. The minimum absolute atomic E-state index is 0. The third kappa shape index (κ3) is 3.37. The summed E-state index contributed by atoms with van der Waals surface area (Å²) in [5, 5.41) is 0. The zero-order valence-electron chi connectivity index (χ0n) is 5.55. The molecule has 0 bridgehead atoms. The van der Waals surface area contributed by atoms with E-state index in [1.807, 2.05) is 0 Å². The maximum absolute atomic E-state index is 2.30. The molecule has 0 atom stereocenters. The van der Waals surface area contributed by atoms with Crippen LogP contribution < -0.4 is 0 Å². The molecule has 0 amide bonds. The summed E-state index contributed by atoms with van der Waals surface area (Å²) < 4.78 is 3.22. The molecule has 0 N–H and O–H groups in total. The van der Waals surface area contributed by atoms with Crippen LogP contribution in [0.25, 0.3) is 0 Å². The summed E-state index contributed by atoms with van der Waals surface area (Å²) >= 11 is -0.0469. The first-order valence-corrected chi connectivity index (χ1v) is 5.99. The topological polar surface area (TPSA) is 0 Å². The van der Waals surface area contributed by atoms with Crippen molar-refractivity contribution in [2.45, 2.75) is 17.5 Å². The van der Waals surface area contributed by atoms with Gasteiger partial charge in [-0.1, -0.05) is 0 Å². The molecule has 0 saturated carbocycles. The van der Waals surface area contributed by atoms with Gasteiger partial charge in [-0.25, -0.2) is 0 Å². The zero-order chi connectivity index (χ0) is 5.82. The Morgan fingerprint density at radius 1 is 1.67 bits per heavy atom. The molecule has 50 valence electrons. The Bertz CT molecular complexity index is 127. The fourth-order valence-electron chi connectivity index (χ4n) is 0.805. The van der Waals surface area contributed by atoms with Gasteiger partial charge in [0, 0.05) is 0 Å². The van der Waals surface area contributed by atoms with Crippen molar-refractivity contribution >= 4 is 12.4 Å². The summed E-state index contributed by atoms with van der Waals surface area (Å²) in [4.78, 5) is 0. The van der Waals surface area contributed by atoms with Crippen LogP contribution in [0.2, 0.25) is 4.13 Å². The Morgan fingerprint density at radius 3 is 2.89 bits per heavy atom. The van der Waals surface area contributed by atoms with Crippen molar-refractivity contribution in [1.29, 1.82) is 0 Å². The monoisotopic (exact) mass is 220 g/mol. The second-order valence-corrected chi connectivity index (χ2v) is 6.04. The van der Waals surface area contributed by atoms with E-state index in [4.69, 9.17) is 0 Å². The molecule has 2 heteroatoms. The molecule has 0 aromatic heterocycles. The first-order valence-electron chi connectivity index (χ1n) is 3.03. The Hall–Kier alpha value is 0.653. The fourth-order valence-corrected chi connectivity index (χ4v) is 3.09. The first-order chi connectivity index (χ1) is 3.93. The summed E-state index contributed by atoms with van der Waals surface area (Å²) in [5.41, 5.74) is 0. The van der Waals surface area contributed by atoms with E-state index < -0.39 is 0 Å². The van der Waals surface area contributed by atoms with Crippen LogP contribution in [-0.4, -0.2) is 0 Å². The normalized spacial score (nSPS) is 14.6. The van der Waals surface area contributed by atoms with Gasteiger partial charge in [0.05, 0.1) is 0 Å². The van der Waals surface area contributed by atoms with Gasteiger partial charge in [0.2, 0.25) is 0 Å². The molecule has 0 saturated heterocycles. The molecule has 9 heavy (non-hydrogen) atoms. The van der Waals surface area contributed by atoms with Gasteiger partial charge in [-0.2, -0.15) is 0 Å². The number of rotatable bonds is 2. The van der Waals surface area contributed by atoms with Gasteiger partial charge in [0.25, 0.3) is 0 Å². The van der Waals surface area contributed by atoms with E-state index in [1.165, 1.54) is 10.5 Å². The predicted molar refractivity (Wildman–Crippen MR) is 39.6 cm³/mol. The van der Waals surface area contributed by atoms with Gasteiger partial charge in [-0.05, 0) is 0 Å². The molecule has 0 spiro atoms. The molecular formula is C7H11ClZr. The van der Waals surface area contributed by atoms with Gasteiger partial charge in [0.15, 0.2) is 0 Å². The zero-order valence-corrected chi connectivity index (χ0v) is 8.83. The standard InChI is InChI=1S/C5H5.C2H5.ClH.Zr/c1-2-4-5-3-1;1-2;;/h1-3H,4H2;1H2,2H3;1H;. The van der Waals surface area contributed by atoms with Gasteiger partial charge in [-0.3, -0.25) is 0 Å². The van der Waals surface area contributed by atoms with Gasteiger partial charge >= 0.3 is 62.2 Å². The van der Waals surface area contributed by atoms with Gasteiger partial charge in [0.1, 0.15) is 0 Å². The molecule has 1 aliphatic carbocycles. The molecule has 0 radical (unpaired) electrons. The summed E-state index contributed by atoms with van der Waals surface area (Å²) in [6, 6.07) is 0. The van der Waals surface area contributed by atoms with Crippen LogP contribution in [-0.2, 0) is 23.2 Å². The van der Waals surface area contributed by atoms with Crippen LogP contribution in [0.5, 0.6) is 0 Å². The summed E-state index contributed by atoms with van der Waals surface area (Å²) in [5.74, 6) is 0. The minimum atomic E-state index is -0.0469. The van der Waals surface area contributed by atoms with Gasteiger partial charge in [-0.15, -0.1) is 12.4 Å². The van der Waals surface area contributed by atoms with E-state index in [-0.39, 0.29) is 35.6 Å². The van der Waals surface area contributed by atoms with Crippen LogP contribution in [0.1, 0.15) is 13.3 Å². The summed E-state index contributed by atoms with van der Waals surface area (Å²) in [6.07, 6.45) is 8.02. The Balaban J connectivity index is 0.000000640. The second kappa shape index (κ2) is 5.44. The summed E-state index contributed by atoms with van der Waals surface area (Å²) in [6.45, 7) is 2.30. The average Bonchev–Trinajstić information content (AvgIpc) is 2.19. The smallest absolute Gasteiger partial charge is 0.147 e. The number of halogens is 1. The van der Waals surface area contributed by atoms with Crippen LogP contribution >= 0.6 is 12.4 Å². The van der Waals surface area contributed by atoms with Crippen LogP contribution in [0, 0.1) is 0 Å². The van der Waals surface area contributed by atoms with Crippen molar-refractivity contribution in [3.05, 3.63) is 21.5 Å². The van der Waals surface area contributed by atoms with Crippen molar-refractivity contribution in [1.82, 2.24) is 0 Å². The first kappa shape index (κ1) is 9.65. The number of hydrogen-bond donors (Lipinski definition) is 0. The number of allylic oxidation sites excluding steroid dienone is 4. The van der Waals surface area contributed by atoms with Crippen LogP contribution in [0.3, 0.4) is 0 Å². The van der Waals surface area contributed by atoms with E-state index in [0.29, 0.717) is 0 Å². The van der Waals surface area contributed by atoms with E-state index in [9.17, 15) is 0 Å². The molecule has 0 aliphatic heterocycles. The maximum Gasteiger partial charge on any atom is -0.147 e. The molecule has 1 rings (SSSR count). The SMILES string of the molecule is C[CH2][Zr][C]1=CC=CC1.Cl. The molecule has 0 aromatic rings. The van der Waals surface area contributed by atoms with Crippen molar-refractivity contribution < 1.29 is 23.2 Å². The Morgan fingerprint density at radius 2 is 2.44 bits per heavy atom. The largest absolute Gasteiger partial charge is 0.147 e. The third-order valence-electron chi connectivity index (χ3n) is 1.18. The minimum Gasteiger partial charge on any atom is -0.147 e. The predicted octanol–water partition coefficient (Wildman–Crippen LogP) is 2.77. The molecular weight excluding hydrogens is 211 g/mol. The van der Waals surface area contributed by atoms with Crippen molar-refractivity contribution in [2.75, 3.05) is 0 Å². The Labute approximate surface area is 74.4 Å². The van der Waals surface area contributed by atoms with E-state index in [0.717, 1.165) is 0 Å². The molecule has 0 nitrogen and oxygen atoms in total. The molecule has 1 aliphatic rings. The van der Waals surface area contributed by atoms with Crippen molar-refractivity contribution in [3.63, 3.8) is 0 Å². The molecule has 0 aromatic carbocycles. The third-order valence-corrected chi connectivity index (χ3v) is 4.07. The number of hydrogen-bond acceptors (Lipinski definition) is 0. The van der Waals surface area contributed by atoms with Crippen molar-refractivity contribution in [3.8, 4) is 0 Å². The maximum atomic E-state index is 2.30. The second-order valence-electron chi connectivity index (χ2n) is 1.85. The van der Waals surface area contributed by atoms with Crippen LogP contribution in [0.4, 0.5) is 0 Å². The van der Waals surface area contributed by atoms with Gasteiger partial charge < -0.3 is 0 Å². The molecule has 0 fully saturated rings. The molecule has 0 unspecified atom stereocenters. The van der Waals surface area contributed by atoms with E-state index >= 15 is 0 Å². The van der Waals surface area contributed by atoms with E-state index in [2.05, 4.69) is 25.2 Å². The fraction of sp³-hybridized carbons (Fsp3) is 0.429. The van der Waals surface area contributed by atoms with Crippen LogP contribution in [0.15, 0.2) is 21.5 Å². The quantitative estimate of drug-likeness (QED) is 0.673. The Kier molecular flexibility index (Phi) is 5.83.